The molecule has 0 saturated carbocycles. The molecule has 0 fully saturated rings. The lowest BCUT2D eigenvalue weighted by molar-refractivity contribution is 0.0263. The Bertz CT molecular complexity index is 732. The van der Waals surface area contributed by atoms with Gasteiger partial charge in [-0.2, -0.15) is 0 Å². The van der Waals surface area contributed by atoms with Gasteiger partial charge in [0, 0.05) is 52.9 Å². The molecule has 176 valence electrons. The molecule has 0 aliphatic heterocycles. The Hall–Kier alpha value is -2.04. The van der Waals surface area contributed by atoms with Crippen LogP contribution >= 0.6 is 24.0 Å². The molecule has 9 heteroatoms. The van der Waals surface area contributed by atoms with E-state index in [1.807, 2.05) is 52.0 Å². The lowest BCUT2D eigenvalue weighted by Crippen LogP contribution is -2.44. The summed E-state index contributed by atoms with van der Waals surface area (Å²) in [6, 6.07) is 7.64. The summed E-state index contributed by atoms with van der Waals surface area (Å²) in [4.78, 5) is 31.7. The molecule has 0 radical (unpaired) electrons. The molecule has 1 rings (SSSR count). The first kappa shape index (κ1) is 29.0. The molecule has 2 amide bonds. The van der Waals surface area contributed by atoms with E-state index < -0.39 is 5.60 Å². The van der Waals surface area contributed by atoms with E-state index in [-0.39, 0.29) is 36.0 Å². The van der Waals surface area contributed by atoms with Crippen molar-refractivity contribution in [1.29, 1.82) is 0 Å². The van der Waals surface area contributed by atoms with Crippen LogP contribution in [0.15, 0.2) is 29.3 Å². The second-order valence-corrected chi connectivity index (χ2v) is 8.14. The zero-order valence-electron chi connectivity index (χ0n) is 19.8. The topological polar surface area (TPSA) is 86.3 Å². The average Bonchev–Trinajstić information content (AvgIpc) is 2.67. The largest absolute Gasteiger partial charge is 0.444 e. The Labute approximate surface area is 203 Å². The molecule has 0 atom stereocenters. The summed E-state index contributed by atoms with van der Waals surface area (Å²) in [6.45, 7) is 9.80. The van der Waals surface area contributed by atoms with Crippen LogP contribution in [0.1, 0.15) is 43.6 Å². The second-order valence-electron chi connectivity index (χ2n) is 8.14. The summed E-state index contributed by atoms with van der Waals surface area (Å²) in [5.74, 6) is 0.656. The number of guanidine groups is 1. The Balaban J connectivity index is 0.00000900. The van der Waals surface area contributed by atoms with Crippen molar-refractivity contribution in [3.05, 3.63) is 35.4 Å². The van der Waals surface area contributed by atoms with Crippen molar-refractivity contribution < 1.29 is 14.3 Å². The average molecular weight is 547 g/mol. The van der Waals surface area contributed by atoms with Gasteiger partial charge in [-0.3, -0.25) is 9.79 Å². The van der Waals surface area contributed by atoms with Gasteiger partial charge in [-0.25, -0.2) is 4.79 Å². The Kier molecular flexibility index (Phi) is 13.2. The number of halogens is 1. The first-order valence-corrected chi connectivity index (χ1v) is 10.3. The number of ether oxygens (including phenoxy) is 1. The molecular formula is C22H38IN5O3. The van der Waals surface area contributed by atoms with Crippen molar-refractivity contribution in [1.82, 2.24) is 20.4 Å². The maximum atomic E-state index is 12.2. The second kappa shape index (κ2) is 14.1. The molecule has 0 aliphatic carbocycles. The highest BCUT2D eigenvalue weighted by atomic mass is 127. The van der Waals surface area contributed by atoms with Crippen LogP contribution in [0.3, 0.4) is 0 Å². The fraction of sp³-hybridized carbons (Fsp3) is 0.591. The fourth-order valence-electron chi connectivity index (χ4n) is 2.68. The molecule has 0 aromatic heterocycles. The summed E-state index contributed by atoms with van der Waals surface area (Å²) in [5.41, 5.74) is 1.25. The van der Waals surface area contributed by atoms with E-state index in [4.69, 9.17) is 4.74 Å². The maximum absolute atomic E-state index is 12.2. The molecule has 8 nitrogen and oxygen atoms in total. The lowest BCUT2D eigenvalue weighted by atomic mass is 10.1. The third kappa shape index (κ3) is 11.2. The van der Waals surface area contributed by atoms with Crippen LogP contribution in [0.4, 0.5) is 4.79 Å². The highest BCUT2D eigenvalue weighted by molar-refractivity contribution is 14.0. The van der Waals surface area contributed by atoms with E-state index in [1.165, 1.54) is 0 Å². The third-order valence-electron chi connectivity index (χ3n) is 4.22. The Morgan fingerprint density at radius 3 is 2.32 bits per heavy atom. The van der Waals surface area contributed by atoms with Crippen molar-refractivity contribution in [2.45, 2.75) is 39.7 Å². The first-order chi connectivity index (χ1) is 14.1. The van der Waals surface area contributed by atoms with Crippen LogP contribution in [0.25, 0.3) is 0 Å². The molecule has 0 spiro atoms. The van der Waals surface area contributed by atoms with Crippen molar-refractivity contribution in [2.75, 3.05) is 47.3 Å². The lowest BCUT2D eigenvalue weighted by Gasteiger charge is -2.26. The molecule has 31 heavy (non-hydrogen) atoms. The highest BCUT2D eigenvalue weighted by Crippen LogP contribution is 2.10. The maximum Gasteiger partial charge on any atom is 0.410 e. The number of hydrogen-bond donors (Lipinski definition) is 2. The summed E-state index contributed by atoms with van der Waals surface area (Å²) in [5, 5.41) is 6.47. The zero-order chi connectivity index (χ0) is 22.7. The van der Waals surface area contributed by atoms with E-state index in [0.717, 1.165) is 12.0 Å². The first-order valence-electron chi connectivity index (χ1n) is 10.3. The number of amides is 2. The van der Waals surface area contributed by atoms with Crippen molar-refractivity contribution >= 4 is 41.9 Å². The quantitative estimate of drug-likeness (QED) is 0.297. The van der Waals surface area contributed by atoms with E-state index in [0.29, 0.717) is 37.7 Å². The number of benzene rings is 1. The van der Waals surface area contributed by atoms with Crippen LogP contribution in [-0.2, 0) is 11.2 Å². The number of aliphatic imine (C=N–C) groups is 1. The van der Waals surface area contributed by atoms with Crippen molar-refractivity contribution in [3.8, 4) is 0 Å². The number of nitrogens with one attached hydrogen (secondary N) is 2. The molecule has 2 N–H and O–H groups in total. The van der Waals surface area contributed by atoms with Crippen LogP contribution in [0.5, 0.6) is 0 Å². The SMILES string of the molecule is CCN(CCNC(=NC)NCCc1cccc(C(=O)N(C)C)c1)C(=O)OC(C)(C)C.I. The summed E-state index contributed by atoms with van der Waals surface area (Å²) >= 11 is 0. The summed E-state index contributed by atoms with van der Waals surface area (Å²) < 4.78 is 5.42. The summed E-state index contributed by atoms with van der Waals surface area (Å²) in [6.07, 6.45) is 0.440. The predicted octanol–water partition coefficient (Wildman–Crippen LogP) is 2.97. The van der Waals surface area contributed by atoms with Crippen molar-refractivity contribution in [2.24, 2.45) is 4.99 Å². The number of hydrogen-bond acceptors (Lipinski definition) is 4. The number of carbonyl (C=O) groups is 2. The molecule has 0 saturated heterocycles. The Morgan fingerprint density at radius 1 is 1.13 bits per heavy atom. The monoisotopic (exact) mass is 547 g/mol. The standard InChI is InChI=1S/C22H37N5O3.HI/c1-8-27(21(29)30-22(2,3)4)15-14-25-20(23-5)24-13-12-17-10-9-11-18(16-17)19(28)26(6)7;/h9-11,16H,8,12-15H2,1-7H3,(H2,23,24,25);1H. The third-order valence-corrected chi connectivity index (χ3v) is 4.22. The number of rotatable bonds is 8. The predicted molar refractivity (Wildman–Crippen MR) is 136 cm³/mol. The van der Waals surface area contributed by atoms with Crippen LogP contribution in [-0.4, -0.2) is 80.7 Å². The van der Waals surface area contributed by atoms with Gasteiger partial charge >= 0.3 is 6.09 Å². The zero-order valence-corrected chi connectivity index (χ0v) is 22.1. The molecule has 0 bridgehead atoms. The van der Waals surface area contributed by atoms with Gasteiger partial charge in [0.2, 0.25) is 0 Å². The van der Waals surface area contributed by atoms with Gasteiger partial charge in [-0.05, 0) is 51.8 Å². The van der Waals surface area contributed by atoms with Crippen LogP contribution < -0.4 is 10.6 Å². The van der Waals surface area contributed by atoms with Gasteiger partial charge < -0.3 is 25.2 Å². The van der Waals surface area contributed by atoms with Gasteiger partial charge in [0.25, 0.3) is 5.91 Å². The van der Waals surface area contributed by atoms with Gasteiger partial charge in [0.15, 0.2) is 5.96 Å². The minimum absolute atomic E-state index is 0. The minimum Gasteiger partial charge on any atom is -0.444 e. The summed E-state index contributed by atoms with van der Waals surface area (Å²) in [7, 11) is 5.20. The van der Waals surface area contributed by atoms with Crippen molar-refractivity contribution in [3.63, 3.8) is 0 Å². The van der Waals surface area contributed by atoms with E-state index >= 15 is 0 Å². The van der Waals surface area contributed by atoms with Crippen LogP contribution in [0.2, 0.25) is 0 Å². The number of nitrogens with zero attached hydrogens (tertiary/aromatic N) is 3. The van der Waals surface area contributed by atoms with Gasteiger partial charge in [-0.15, -0.1) is 24.0 Å². The molecule has 0 aliphatic rings. The molecule has 1 aromatic rings. The number of carbonyl (C=O) groups excluding carboxylic acids is 2. The van der Waals surface area contributed by atoms with Gasteiger partial charge in [0.1, 0.15) is 5.60 Å². The normalized spacial score (nSPS) is 11.3. The Morgan fingerprint density at radius 2 is 1.77 bits per heavy atom. The van der Waals surface area contributed by atoms with Gasteiger partial charge in [-0.1, -0.05) is 12.1 Å². The highest BCUT2D eigenvalue weighted by Gasteiger charge is 2.20. The van der Waals surface area contributed by atoms with Crippen LogP contribution in [0, 0.1) is 0 Å². The smallest absolute Gasteiger partial charge is 0.410 e. The van der Waals surface area contributed by atoms with E-state index in [9.17, 15) is 9.59 Å². The number of likely N-dealkylation sites (N-methyl/N-ethyl adjacent to an activating group) is 1. The van der Waals surface area contributed by atoms with E-state index in [2.05, 4.69) is 15.6 Å². The van der Waals surface area contributed by atoms with Gasteiger partial charge in [0.05, 0.1) is 0 Å². The molecule has 0 unspecified atom stereocenters. The fourth-order valence-corrected chi connectivity index (χ4v) is 2.68. The molecular weight excluding hydrogens is 509 g/mol. The minimum atomic E-state index is -0.510. The molecule has 0 heterocycles. The van der Waals surface area contributed by atoms with E-state index in [1.54, 1.807) is 30.9 Å². The molecule has 1 aromatic carbocycles.